The van der Waals surface area contributed by atoms with Crippen molar-refractivity contribution in [3.8, 4) is 23.3 Å². The molecule has 0 aliphatic heterocycles. The number of H-pyrrole nitrogens is 1. The normalized spacial score (nSPS) is 8.95. The number of aromatic nitrogens is 1. The topological polar surface area (TPSA) is 136 Å². The maximum Gasteiger partial charge on any atom is 0.123 e. The van der Waals surface area contributed by atoms with Gasteiger partial charge in [-0.25, -0.2) is 0 Å². The van der Waals surface area contributed by atoms with Crippen LogP contribution in [0.2, 0.25) is 0 Å². The maximum atomic E-state index is 9.21. The van der Waals surface area contributed by atoms with E-state index in [0.717, 1.165) is 7.11 Å². The van der Waals surface area contributed by atoms with Gasteiger partial charge in [-0.05, 0) is 17.7 Å². The molecule has 6 nitrogen and oxygen atoms in total. The Morgan fingerprint density at radius 3 is 2.05 bits per heavy atom. The highest BCUT2D eigenvalue weighted by molar-refractivity contribution is 7.71. The van der Waals surface area contributed by atoms with Gasteiger partial charge in [0.05, 0.1) is 5.56 Å². The van der Waals surface area contributed by atoms with Gasteiger partial charge in [0.1, 0.15) is 28.2 Å². The predicted molar refractivity (Wildman–Crippen MR) is 83.5 cm³/mol. The molecule has 1 aromatic carbocycles. The average molecular weight is 299 g/mol. The molecule has 0 saturated heterocycles. The number of nitrogens with two attached hydrogens (primary N) is 2. The summed E-state index contributed by atoms with van der Waals surface area (Å²) in [5.74, 6) is 0.151. The SMILES string of the molecule is CO.N#Cc1c(N)[nH]c(=S)c(C#N)c1-c1ccc(N)cc1. The zero-order valence-electron chi connectivity index (χ0n) is 11.2. The van der Waals surface area contributed by atoms with Gasteiger partial charge >= 0.3 is 0 Å². The number of nitriles is 2. The summed E-state index contributed by atoms with van der Waals surface area (Å²) in [6.07, 6.45) is 0. The molecule has 21 heavy (non-hydrogen) atoms. The first-order chi connectivity index (χ1) is 10.1. The average Bonchev–Trinajstić information content (AvgIpc) is 2.49. The van der Waals surface area contributed by atoms with Crippen LogP contribution in [-0.4, -0.2) is 17.2 Å². The summed E-state index contributed by atoms with van der Waals surface area (Å²) in [5, 5.41) is 25.4. The molecule has 7 heteroatoms. The molecule has 2 rings (SSSR count). The summed E-state index contributed by atoms with van der Waals surface area (Å²) in [4.78, 5) is 2.65. The van der Waals surface area contributed by atoms with E-state index in [1.54, 1.807) is 24.3 Å². The van der Waals surface area contributed by atoms with Gasteiger partial charge in [0.2, 0.25) is 0 Å². The molecule has 0 unspecified atom stereocenters. The van der Waals surface area contributed by atoms with Crippen molar-refractivity contribution in [1.29, 1.82) is 10.5 Å². The summed E-state index contributed by atoms with van der Waals surface area (Å²) < 4.78 is 0.214. The van der Waals surface area contributed by atoms with Crippen molar-refractivity contribution in [1.82, 2.24) is 4.98 Å². The Balaban J connectivity index is 0.00000106. The molecule has 106 valence electrons. The number of anilines is 2. The van der Waals surface area contributed by atoms with Crippen LogP contribution in [-0.2, 0) is 0 Å². The first-order valence-corrected chi connectivity index (χ1v) is 6.16. The third-order valence-corrected chi connectivity index (χ3v) is 2.97. The highest BCUT2D eigenvalue weighted by Gasteiger charge is 2.16. The fraction of sp³-hybridized carbons (Fsp3) is 0.0714. The molecule has 0 atom stereocenters. The number of nitrogens with zero attached hydrogens (tertiary/aromatic N) is 2. The third kappa shape index (κ3) is 3.18. The van der Waals surface area contributed by atoms with E-state index < -0.39 is 0 Å². The minimum Gasteiger partial charge on any atom is -0.400 e. The first-order valence-electron chi connectivity index (χ1n) is 5.75. The summed E-state index contributed by atoms with van der Waals surface area (Å²) in [6, 6.07) is 10.8. The molecule has 0 saturated carbocycles. The molecule has 0 bridgehead atoms. The van der Waals surface area contributed by atoms with Crippen LogP contribution in [0.1, 0.15) is 11.1 Å². The van der Waals surface area contributed by atoms with Gasteiger partial charge in [0, 0.05) is 18.4 Å². The smallest absolute Gasteiger partial charge is 0.123 e. The van der Waals surface area contributed by atoms with E-state index in [1.807, 2.05) is 12.1 Å². The van der Waals surface area contributed by atoms with E-state index in [-0.39, 0.29) is 21.6 Å². The van der Waals surface area contributed by atoms with Gasteiger partial charge < -0.3 is 21.6 Å². The number of aliphatic hydroxyl groups is 1. The van der Waals surface area contributed by atoms with Crippen LogP contribution in [0.5, 0.6) is 0 Å². The van der Waals surface area contributed by atoms with Crippen LogP contribution in [0.3, 0.4) is 0 Å². The van der Waals surface area contributed by atoms with Crippen LogP contribution in [0, 0.1) is 27.3 Å². The van der Waals surface area contributed by atoms with Crippen molar-refractivity contribution in [2.24, 2.45) is 0 Å². The Morgan fingerprint density at radius 2 is 1.57 bits per heavy atom. The summed E-state index contributed by atoms with van der Waals surface area (Å²) in [7, 11) is 1.00. The summed E-state index contributed by atoms with van der Waals surface area (Å²) in [6.45, 7) is 0. The number of hydrogen-bond acceptors (Lipinski definition) is 6. The molecule has 0 aliphatic rings. The number of aromatic amines is 1. The van der Waals surface area contributed by atoms with Crippen molar-refractivity contribution >= 4 is 23.7 Å². The molecule has 2 aromatic rings. The minimum absolute atomic E-state index is 0.151. The van der Waals surface area contributed by atoms with Crippen molar-refractivity contribution < 1.29 is 5.11 Å². The largest absolute Gasteiger partial charge is 0.400 e. The molecule has 6 N–H and O–H groups in total. The summed E-state index contributed by atoms with van der Waals surface area (Å²) in [5.41, 5.74) is 13.5. The second kappa shape index (κ2) is 7.06. The molecule has 1 heterocycles. The zero-order chi connectivity index (χ0) is 16.0. The molecular formula is C14H13N5OS. The first kappa shape index (κ1) is 16.2. The number of benzene rings is 1. The number of hydrogen-bond donors (Lipinski definition) is 4. The van der Waals surface area contributed by atoms with E-state index in [9.17, 15) is 10.5 Å². The van der Waals surface area contributed by atoms with Crippen LogP contribution >= 0.6 is 12.2 Å². The minimum atomic E-state index is 0.151. The third-order valence-electron chi connectivity index (χ3n) is 2.67. The lowest BCUT2D eigenvalue weighted by molar-refractivity contribution is 0.399. The van der Waals surface area contributed by atoms with Crippen molar-refractivity contribution in [3.63, 3.8) is 0 Å². The molecule has 0 spiro atoms. The molecule has 0 amide bonds. The van der Waals surface area contributed by atoms with E-state index >= 15 is 0 Å². The fourth-order valence-corrected chi connectivity index (χ4v) is 2.04. The van der Waals surface area contributed by atoms with Gasteiger partial charge in [0.25, 0.3) is 0 Å². The molecular weight excluding hydrogens is 286 g/mol. The highest BCUT2D eigenvalue weighted by atomic mass is 32.1. The van der Waals surface area contributed by atoms with Crippen molar-refractivity contribution in [2.75, 3.05) is 18.6 Å². The maximum absolute atomic E-state index is 9.21. The van der Waals surface area contributed by atoms with Crippen LogP contribution in [0.25, 0.3) is 11.1 Å². The number of pyridine rings is 1. The molecule has 0 radical (unpaired) electrons. The van der Waals surface area contributed by atoms with Crippen molar-refractivity contribution in [3.05, 3.63) is 40.0 Å². The lowest BCUT2D eigenvalue weighted by atomic mass is 9.97. The van der Waals surface area contributed by atoms with Gasteiger partial charge in [-0.15, -0.1) is 0 Å². The lowest BCUT2D eigenvalue weighted by Gasteiger charge is -2.09. The lowest BCUT2D eigenvalue weighted by Crippen LogP contribution is -2.01. The van der Waals surface area contributed by atoms with Gasteiger partial charge in [-0.3, -0.25) is 0 Å². The van der Waals surface area contributed by atoms with Crippen LogP contribution < -0.4 is 11.5 Å². The molecule has 1 aromatic heterocycles. The van der Waals surface area contributed by atoms with E-state index in [1.165, 1.54) is 0 Å². The Hall–Kier alpha value is -2.87. The Kier molecular flexibility index (Phi) is 5.44. The Bertz CT molecular complexity index is 781. The fourth-order valence-electron chi connectivity index (χ4n) is 1.78. The van der Waals surface area contributed by atoms with Gasteiger partial charge in [-0.1, -0.05) is 24.4 Å². The highest BCUT2D eigenvalue weighted by Crippen LogP contribution is 2.30. The van der Waals surface area contributed by atoms with Crippen LogP contribution in [0.4, 0.5) is 11.5 Å². The molecule has 0 aliphatic carbocycles. The predicted octanol–water partition coefficient (Wildman–Crippen LogP) is 1.93. The van der Waals surface area contributed by atoms with E-state index in [4.69, 9.17) is 28.8 Å². The van der Waals surface area contributed by atoms with Gasteiger partial charge in [0.15, 0.2) is 0 Å². The number of aliphatic hydroxyl groups excluding tert-OH is 1. The summed E-state index contributed by atoms with van der Waals surface area (Å²) >= 11 is 5.07. The Labute approximate surface area is 126 Å². The van der Waals surface area contributed by atoms with E-state index in [2.05, 4.69) is 4.98 Å². The second-order valence-corrected chi connectivity index (χ2v) is 4.25. The molecule has 0 fully saturated rings. The van der Waals surface area contributed by atoms with Crippen LogP contribution in [0.15, 0.2) is 24.3 Å². The number of nitrogens with one attached hydrogen (secondary N) is 1. The van der Waals surface area contributed by atoms with Crippen molar-refractivity contribution in [2.45, 2.75) is 0 Å². The van der Waals surface area contributed by atoms with E-state index in [0.29, 0.717) is 16.8 Å². The van der Waals surface area contributed by atoms with Gasteiger partial charge in [-0.2, -0.15) is 10.5 Å². The second-order valence-electron chi connectivity index (χ2n) is 3.84. The zero-order valence-corrected chi connectivity index (χ0v) is 12.0. The quantitative estimate of drug-likeness (QED) is 0.469. The standard InChI is InChI=1S/C13H9N5S.CH4O/c14-5-9-11(7-1-3-8(16)4-2-7)10(6-15)13(19)18-12(9)17;1-2/h1-4H,16H2,(H3,17,18,19);2H,1H3. The Morgan fingerprint density at radius 1 is 1.05 bits per heavy atom. The number of rotatable bonds is 1. The monoisotopic (exact) mass is 299 g/mol. The number of nitrogen functional groups attached to an aromatic ring is 2.